The first-order valence-electron chi connectivity index (χ1n) is 5.40. The van der Waals surface area contributed by atoms with E-state index in [1.165, 1.54) is 24.1 Å². The zero-order chi connectivity index (χ0) is 9.83. The zero-order valence-electron chi connectivity index (χ0n) is 8.30. The standard InChI is InChI=1S/C12H11N3/c1-3-13-4-2-8(1)11-7-10-5-9-6-12(9)15(10)14-11/h1-4,7,9,12H,5-6H2. The van der Waals surface area contributed by atoms with E-state index in [9.17, 15) is 0 Å². The molecule has 1 fully saturated rings. The van der Waals surface area contributed by atoms with Crippen molar-refractivity contribution < 1.29 is 0 Å². The second-order valence-electron chi connectivity index (χ2n) is 4.47. The lowest BCUT2D eigenvalue weighted by molar-refractivity contribution is 0.647. The van der Waals surface area contributed by atoms with Gasteiger partial charge in [-0.25, -0.2) is 0 Å². The molecule has 0 bridgehead atoms. The summed E-state index contributed by atoms with van der Waals surface area (Å²) in [7, 11) is 0. The molecule has 0 spiro atoms. The topological polar surface area (TPSA) is 30.7 Å². The van der Waals surface area contributed by atoms with Crippen LogP contribution in [0.2, 0.25) is 0 Å². The molecule has 2 unspecified atom stereocenters. The van der Waals surface area contributed by atoms with Crippen molar-refractivity contribution in [1.29, 1.82) is 0 Å². The van der Waals surface area contributed by atoms with Gasteiger partial charge in [0.2, 0.25) is 0 Å². The highest BCUT2D eigenvalue weighted by Gasteiger charge is 2.46. The highest BCUT2D eigenvalue weighted by atomic mass is 15.3. The summed E-state index contributed by atoms with van der Waals surface area (Å²) in [5, 5.41) is 4.67. The van der Waals surface area contributed by atoms with Gasteiger partial charge in [0.25, 0.3) is 0 Å². The number of fused-ring (bicyclic) bond motifs is 3. The van der Waals surface area contributed by atoms with E-state index in [1.807, 2.05) is 24.5 Å². The van der Waals surface area contributed by atoms with Crippen LogP contribution >= 0.6 is 0 Å². The van der Waals surface area contributed by atoms with Gasteiger partial charge in [0.05, 0.1) is 11.7 Å². The van der Waals surface area contributed by atoms with Crippen molar-refractivity contribution in [1.82, 2.24) is 14.8 Å². The molecule has 0 aromatic carbocycles. The fraction of sp³-hybridized carbons (Fsp3) is 0.333. The molecule has 0 N–H and O–H groups in total. The number of pyridine rings is 1. The Morgan fingerprint density at radius 1 is 1.27 bits per heavy atom. The largest absolute Gasteiger partial charge is 0.266 e. The minimum absolute atomic E-state index is 0.718. The summed E-state index contributed by atoms with van der Waals surface area (Å²) < 4.78 is 2.22. The predicted molar refractivity (Wildman–Crippen MR) is 56.3 cm³/mol. The van der Waals surface area contributed by atoms with Crippen molar-refractivity contribution in [3.05, 3.63) is 36.3 Å². The zero-order valence-corrected chi connectivity index (χ0v) is 8.30. The molecule has 2 aliphatic rings. The van der Waals surface area contributed by atoms with Crippen molar-refractivity contribution in [3.8, 4) is 11.3 Å². The third-order valence-electron chi connectivity index (χ3n) is 3.46. The summed E-state index contributed by atoms with van der Waals surface area (Å²) in [6, 6.07) is 6.97. The Morgan fingerprint density at radius 3 is 2.93 bits per heavy atom. The molecule has 1 aliphatic carbocycles. The summed E-state index contributed by atoms with van der Waals surface area (Å²) in [6.45, 7) is 0. The number of rotatable bonds is 1. The first-order valence-corrected chi connectivity index (χ1v) is 5.40. The van der Waals surface area contributed by atoms with Crippen LogP contribution < -0.4 is 0 Å². The normalized spacial score (nSPS) is 26.1. The highest BCUT2D eigenvalue weighted by molar-refractivity contribution is 5.58. The van der Waals surface area contributed by atoms with Crippen LogP contribution in [0, 0.1) is 5.92 Å². The molecule has 4 rings (SSSR count). The van der Waals surface area contributed by atoms with Crippen molar-refractivity contribution in [2.45, 2.75) is 18.9 Å². The third-order valence-corrected chi connectivity index (χ3v) is 3.46. The summed E-state index contributed by atoms with van der Waals surface area (Å²) in [5.41, 5.74) is 3.67. The van der Waals surface area contributed by atoms with Crippen LogP contribution in [0.5, 0.6) is 0 Å². The van der Waals surface area contributed by atoms with Crippen LogP contribution in [0.15, 0.2) is 30.6 Å². The molecule has 3 heterocycles. The van der Waals surface area contributed by atoms with Crippen LogP contribution in [-0.4, -0.2) is 14.8 Å². The first kappa shape index (κ1) is 7.63. The van der Waals surface area contributed by atoms with Gasteiger partial charge in [-0.05, 0) is 37.0 Å². The number of nitrogens with zero attached hydrogens (tertiary/aromatic N) is 3. The lowest BCUT2D eigenvalue weighted by Crippen LogP contribution is -1.95. The second kappa shape index (κ2) is 2.48. The lowest BCUT2D eigenvalue weighted by atomic mass is 10.1. The summed E-state index contributed by atoms with van der Waals surface area (Å²) in [4.78, 5) is 4.02. The molecule has 15 heavy (non-hydrogen) atoms. The Hall–Kier alpha value is -1.64. The van der Waals surface area contributed by atoms with E-state index in [0.717, 1.165) is 17.7 Å². The van der Waals surface area contributed by atoms with E-state index in [4.69, 9.17) is 0 Å². The van der Waals surface area contributed by atoms with Crippen molar-refractivity contribution in [3.63, 3.8) is 0 Å². The molecular formula is C12H11N3. The molecule has 2 aromatic heterocycles. The van der Waals surface area contributed by atoms with E-state index >= 15 is 0 Å². The van der Waals surface area contributed by atoms with Crippen molar-refractivity contribution in [2.75, 3.05) is 0 Å². The Labute approximate surface area is 87.8 Å². The van der Waals surface area contributed by atoms with E-state index in [-0.39, 0.29) is 0 Å². The van der Waals surface area contributed by atoms with E-state index < -0.39 is 0 Å². The van der Waals surface area contributed by atoms with Crippen molar-refractivity contribution >= 4 is 0 Å². The van der Waals surface area contributed by atoms with Crippen LogP contribution in [-0.2, 0) is 6.42 Å². The third kappa shape index (κ3) is 1.00. The Kier molecular flexibility index (Phi) is 1.26. The maximum Gasteiger partial charge on any atom is 0.0927 e. The molecule has 74 valence electrons. The first-order chi connectivity index (χ1) is 7.42. The molecule has 3 nitrogen and oxygen atoms in total. The molecular weight excluding hydrogens is 186 g/mol. The number of aromatic nitrogens is 3. The monoisotopic (exact) mass is 197 g/mol. The van der Waals surface area contributed by atoms with Crippen LogP contribution in [0.1, 0.15) is 18.2 Å². The van der Waals surface area contributed by atoms with Gasteiger partial charge in [0, 0.05) is 23.7 Å². The summed E-state index contributed by atoms with van der Waals surface area (Å²) >= 11 is 0. The Balaban J connectivity index is 1.82. The lowest BCUT2D eigenvalue weighted by Gasteiger charge is -1.96. The smallest absolute Gasteiger partial charge is 0.0927 e. The minimum Gasteiger partial charge on any atom is -0.266 e. The molecule has 2 atom stereocenters. The van der Waals surface area contributed by atoms with E-state index in [0.29, 0.717) is 0 Å². The fourth-order valence-corrected chi connectivity index (χ4v) is 2.56. The molecule has 3 heteroatoms. The van der Waals surface area contributed by atoms with Gasteiger partial charge in [-0.1, -0.05) is 0 Å². The molecule has 0 amide bonds. The van der Waals surface area contributed by atoms with Gasteiger partial charge in [-0.2, -0.15) is 5.10 Å². The van der Waals surface area contributed by atoms with Crippen molar-refractivity contribution in [2.24, 2.45) is 5.92 Å². The molecule has 0 radical (unpaired) electrons. The molecule has 1 saturated carbocycles. The van der Waals surface area contributed by atoms with Crippen LogP contribution in [0.3, 0.4) is 0 Å². The fourth-order valence-electron chi connectivity index (χ4n) is 2.56. The Morgan fingerprint density at radius 2 is 2.13 bits per heavy atom. The quantitative estimate of drug-likeness (QED) is 0.700. The SMILES string of the molecule is c1cc(-c2cc3n(n2)C2CC2C3)ccn1. The highest BCUT2D eigenvalue weighted by Crippen LogP contribution is 2.51. The molecule has 0 saturated heterocycles. The number of hydrogen-bond donors (Lipinski definition) is 0. The van der Waals surface area contributed by atoms with Gasteiger partial charge in [-0.3, -0.25) is 9.67 Å². The van der Waals surface area contributed by atoms with Crippen LogP contribution in [0.4, 0.5) is 0 Å². The number of hydrogen-bond acceptors (Lipinski definition) is 2. The second-order valence-corrected chi connectivity index (χ2v) is 4.47. The average Bonchev–Trinajstić information content (AvgIpc) is 2.78. The molecule has 1 aliphatic heterocycles. The maximum absolute atomic E-state index is 4.67. The average molecular weight is 197 g/mol. The van der Waals surface area contributed by atoms with Gasteiger partial charge >= 0.3 is 0 Å². The summed E-state index contributed by atoms with van der Waals surface area (Å²) in [6.07, 6.45) is 6.20. The Bertz CT molecular complexity index is 515. The maximum atomic E-state index is 4.67. The van der Waals surface area contributed by atoms with E-state index in [1.54, 1.807) is 0 Å². The van der Waals surface area contributed by atoms with Gasteiger partial charge in [-0.15, -0.1) is 0 Å². The molecule has 2 aromatic rings. The van der Waals surface area contributed by atoms with Gasteiger partial charge < -0.3 is 0 Å². The van der Waals surface area contributed by atoms with Crippen LogP contribution in [0.25, 0.3) is 11.3 Å². The van der Waals surface area contributed by atoms with E-state index in [2.05, 4.69) is 20.8 Å². The summed E-state index contributed by atoms with van der Waals surface area (Å²) in [5.74, 6) is 0.902. The predicted octanol–water partition coefficient (Wildman–Crippen LogP) is 2.06. The van der Waals surface area contributed by atoms with Gasteiger partial charge in [0.15, 0.2) is 0 Å². The van der Waals surface area contributed by atoms with Gasteiger partial charge in [0.1, 0.15) is 0 Å². The minimum atomic E-state index is 0.718.